The van der Waals surface area contributed by atoms with Gasteiger partial charge in [0, 0.05) is 6.07 Å². The van der Waals surface area contributed by atoms with Crippen molar-refractivity contribution >= 4 is 0 Å². The molecule has 2 nitrogen and oxygen atoms in total. The van der Waals surface area contributed by atoms with Gasteiger partial charge in [-0.05, 0) is 13.8 Å². The number of hydrogen-bond donors (Lipinski definition) is 0. The number of rotatable bonds is 1. The van der Waals surface area contributed by atoms with Gasteiger partial charge in [0.2, 0.25) is 0 Å². The Hall–Kier alpha value is -1.00. The summed E-state index contributed by atoms with van der Waals surface area (Å²) in [6.07, 6.45) is -3.12. The van der Waals surface area contributed by atoms with Crippen LogP contribution in [0.25, 0.3) is 0 Å². The zero-order valence-corrected chi connectivity index (χ0v) is 6.64. The fourth-order valence-electron chi connectivity index (χ4n) is 0.678. The molecule has 0 aliphatic carbocycles. The highest BCUT2D eigenvalue weighted by molar-refractivity contribution is 5.11. The lowest BCUT2D eigenvalue weighted by molar-refractivity contribution is -0.185. The highest BCUT2D eigenvalue weighted by Crippen LogP contribution is 2.39. The molecule has 1 aromatic heterocycles. The zero-order valence-electron chi connectivity index (χ0n) is 6.64. The first-order chi connectivity index (χ1) is 5.36. The van der Waals surface area contributed by atoms with Crippen molar-refractivity contribution in [2.24, 2.45) is 0 Å². The first-order valence-corrected chi connectivity index (χ1v) is 3.33. The summed E-state index contributed by atoms with van der Waals surface area (Å²) in [4.78, 5) is 0. The summed E-state index contributed by atoms with van der Waals surface area (Å²) in [6.45, 7) is 2.10. The molecule has 0 unspecified atom stereocenters. The quantitative estimate of drug-likeness (QED) is 0.662. The second kappa shape index (κ2) is 2.50. The van der Waals surface area contributed by atoms with E-state index in [4.69, 9.17) is 0 Å². The Morgan fingerprint density at radius 2 is 1.92 bits per heavy atom. The van der Waals surface area contributed by atoms with Crippen LogP contribution < -0.4 is 0 Å². The Balaban J connectivity index is 3.02. The molecule has 0 bridgehead atoms. The molecule has 0 spiro atoms. The molecule has 0 saturated carbocycles. The largest absolute Gasteiger partial charge is 0.401 e. The molecule has 0 aliphatic heterocycles. The van der Waals surface area contributed by atoms with Gasteiger partial charge in [-0.25, -0.2) is 0 Å². The summed E-state index contributed by atoms with van der Waals surface area (Å²) < 4.78 is 41.4. The molecule has 0 atom stereocenters. The van der Waals surface area contributed by atoms with E-state index in [2.05, 4.69) is 9.68 Å². The van der Waals surface area contributed by atoms with Gasteiger partial charge >= 0.3 is 6.18 Å². The molecule has 5 heteroatoms. The molecule has 0 amide bonds. The van der Waals surface area contributed by atoms with Gasteiger partial charge in [-0.15, -0.1) is 0 Å². The molecule has 0 fully saturated rings. The van der Waals surface area contributed by atoms with E-state index in [0.717, 1.165) is 13.8 Å². The van der Waals surface area contributed by atoms with Gasteiger partial charge < -0.3 is 4.52 Å². The lowest BCUT2D eigenvalue weighted by Crippen LogP contribution is -2.35. The van der Waals surface area contributed by atoms with Crippen molar-refractivity contribution < 1.29 is 17.7 Å². The molecule has 0 radical (unpaired) electrons. The minimum Gasteiger partial charge on any atom is -0.360 e. The molecule has 0 N–H and O–H groups in total. The number of aromatic nitrogens is 1. The molecule has 1 rings (SSSR count). The van der Waals surface area contributed by atoms with Crippen LogP contribution in [0, 0.1) is 0 Å². The van der Waals surface area contributed by atoms with E-state index < -0.39 is 11.6 Å². The molecule has 0 aromatic carbocycles. The number of hydrogen-bond acceptors (Lipinski definition) is 2. The van der Waals surface area contributed by atoms with Crippen molar-refractivity contribution in [1.82, 2.24) is 5.16 Å². The third-order valence-corrected chi connectivity index (χ3v) is 1.76. The fraction of sp³-hybridized carbons (Fsp3) is 0.571. The summed E-state index contributed by atoms with van der Waals surface area (Å²) >= 11 is 0. The third-order valence-electron chi connectivity index (χ3n) is 1.76. The van der Waals surface area contributed by atoms with Crippen molar-refractivity contribution in [2.75, 3.05) is 0 Å². The molecule has 0 saturated heterocycles. The van der Waals surface area contributed by atoms with Crippen LogP contribution in [0.1, 0.15) is 19.6 Å². The summed E-state index contributed by atoms with van der Waals surface area (Å²) in [5.41, 5.74) is -1.97. The fourth-order valence-corrected chi connectivity index (χ4v) is 0.678. The van der Waals surface area contributed by atoms with E-state index >= 15 is 0 Å². The Kier molecular flexibility index (Phi) is 1.89. The SMILES string of the molecule is CC(C)(c1ccno1)C(F)(F)F. The normalized spacial score (nSPS) is 13.4. The van der Waals surface area contributed by atoms with Crippen molar-refractivity contribution in [3.63, 3.8) is 0 Å². The van der Waals surface area contributed by atoms with Gasteiger partial charge in [0.15, 0.2) is 5.76 Å². The highest BCUT2D eigenvalue weighted by Gasteiger charge is 2.50. The monoisotopic (exact) mass is 179 g/mol. The lowest BCUT2D eigenvalue weighted by atomic mass is 9.90. The second-order valence-electron chi connectivity index (χ2n) is 3.00. The summed E-state index contributed by atoms with van der Waals surface area (Å²) in [5.74, 6) is -0.171. The molecular formula is C7H8F3NO. The third kappa shape index (κ3) is 1.31. The van der Waals surface area contributed by atoms with E-state index in [-0.39, 0.29) is 5.76 Å². The van der Waals surface area contributed by atoms with Gasteiger partial charge in [-0.3, -0.25) is 0 Å². The van der Waals surface area contributed by atoms with Crippen molar-refractivity contribution in [3.05, 3.63) is 18.0 Å². The van der Waals surface area contributed by atoms with Crippen LogP contribution in [0.3, 0.4) is 0 Å². The maximum atomic E-state index is 12.3. The minimum absolute atomic E-state index is 0.171. The van der Waals surface area contributed by atoms with Gasteiger partial charge in [0.25, 0.3) is 0 Å². The van der Waals surface area contributed by atoms with Gasteiger partial charge in [-0.1, -0.05) is 5.16 Å². The van der Waals surface area contributed by atoms with Gasteiger partial charge in [-0.2, -0.15) is 13.2 Å². The van der Waals surface area contributed by atoms with Crippen LogP contribution in [0.2, 0.25) is 0 Å². The summed E-state index contributed by atoms with van der Waals surface area (Å²) in [7, 11) is 0. The van der Waals surface area contributed by atoms with E-state index in [0.29, 0.717) is 0 Å². The summed E-state index contributed by atoms with van der Waals surface area (Å²) in [6, 6.07) is 1.22. The molecule has 12 heavy (non-hydrogen) atoms. The Morgan fingerprint density at radius 3 is 2.25 bits per heavy atom. The number of alkyl halides is 3. The maximum Gasteiger partial charge on any atom is 0.401 e. The molecule has 68 valence electrons. The first kappa shape index (κ1) is 9.09. The van der Waals surface area contributed by atoms with Crippen LogP contribution in [-0.2, 0) is 5.41 Å². The maximum absolute atomic E-state index is 12.3. The van der Waals surface area contributed by atoms with Crippen LogP contribution in [0.15, 0.2) is 16.8 Å². The smallest absolute Gasteiger partial charge is 0.360 e. The number of halogens is 3. The first-order valence-electron chi connectivity index (χ1n) is 3.33. The Morgan fingerprint density at radius 1 is 1.33 bits per heavy atom. The van der Waals surface area contributed by atoms with Gasteiger partial charge in [0.1, 0.15) is 5.41 Å². The van der Waals surface area contributed by atoms with E-state index in [1.165, 1.54) is 12.3 Å². The average molecular weight is 179 g/mol. The minimum atomic E-state index is -4.31. The number of nitrogens with zero attached hydrogens (tertiary/aromatic N) is 1. The highest BCUT2D eigenvalue weighted by atomic mass is 19.4. The predicted molar refractivity (Wildman–Crippen MR) is 35.6 cm³/mol. The molecule has 1 aromatic rings. The topological polar surface area (TPSA) is 26.0 Å². The zero-order chi connectivity index (χ0) is 9.41. The molecular weight excluding hydrogens is 171 g/mol. The Labute approximate surface area is 67.4 Å². The molecule has 0 aliphatic rings. The van der Waals surface area contributed by atoms with Crippen LogP contribution in [-0.4, -0.2) is 11.3 Å². The van der Waals surface area contributed by atoms with Crippen LogP contribution >= 0.6 is 0 Å². The summed E-state index contributed by atoms with van der Waals surface area (Å²) in [5, 5.41) is 3.23. The Bertz CT molecular complexity index is 250. The second-order valence-corrected chi connectivity index (χ2v) is 3.00. The van der Waals surface area contributed by atoms with Crippen LogP contribution in [0.5, 0.6) is 0 Å². The lowest BCUT2D eigenvalue weighted by Gasteiger charge is -2.24. The average Bonchev–Trinajstić information content (AvgIpc) is 2.34. The van der Waals surface area contributed by atoms with Crippen LogP contribution in [0.4, 0.5) is 13.2 Å². The van der Waals surface area contributed by atoms with E-state index in [1.807, 2.05) is 0 Å². The van der Waals surface area contributed by atoms with Crippen molar-refractivity contribution in [2.45, 2.75) is 25.4 Å². The van der Waals surface area contributed by atoms with Gasteiger partial charge in [0.05, 0.1) is 6.20 Å². The van der Waals surface area contributed by atoms with Crippen molar-refractivity contribution in [3.8, 4) is 0 Å². The van der Waals surface area contributed by atoms with E-state index in [9.17, 15) is 13.2 Å². The van der Waals surface area contributed by atoms with Crippen molar-refractivity contribution in [1.29, 1.82) is 0 Å². The predicted octanol–water partition coefficient (Wildman–Crippen LogP) is 2.51. The standard InChI is InChI=1S/C7H8F3NO/c1-6(2,7(8,9)10)5-3-4-11-12-5/h3-4H,1-2H3. The van der Waals surface area contributed by atoms with E-state index in [1.54, 1.807) is 0 Å². The molecule has 1 heterocycles.